The first-order valence-electron chi connectivity index (χ1n) is 9.33. The van der Waals surface area contributed by atoms with Crippen molar-refractivity contribution in [2.24, 2.45) is 4.99 Å². The molecule has 0 radical (unpaired) electrons. The van der Waals surface area contributed by atoms with E-state index in [4.69, 9.17) is 4.74 Å². The van der Waals surface area contributed by atoms with Gasteiger partial charge >= 0.3 is 0 Å². The van der Waals surface area contributed by atoms with E-state index in [1.54, 1.807) is 12.1 Å². The predicted molar refractivity (Wildman–Crippen MR) is 108 cm³/mol. The summed E-state index contributed by atoms with van der Waals surface area (Å²) in [6.45, 7) is 6.72. The molecule has 2 rings (SSSR count). The van der Waals surface area contributed by atoms with Crippen LogP contribution in [0.2, 0.25) is 0 Å². The molecule has 146 valence electrons. The van der Waals surface area contributed by atoms with E-state index in [0.29, 0.717) is 5.75 Å². The number of benzene rings is 1. The molecular formula is C22H25N3O3. The lowest BCUT2D eigenvalue weighted by Crippen LogP contribution is -2.36. The number of aliphatic imine (C=N–C) groups is 1. The Hall–Kier alpha value is -3.20. The number of nitriles is 1. The zero-order valence-electron chi connectivity index (χ0n) is 16.3. The molecule has 0 aromatic heterocycles. The molecule has 1 aromatic carbocycles. The monoisotopic (exact) mass is 379 g/mol. The van der Waals surface area contributed by atoms with Crippen LogP contribution in [0.3, 0.4) is 0 Å². The largest absolute Gasteiger partial charge is 0.438 e. The van der Waals surface area contributed by atoms with Crippen molar-refractivity contribution in [3.05, 3.63) is 52.9 Å². The minimum absolute atomic E-state index is 0.0194. The molecule has 1 N–H and O–H groups in total. The molecule has 6 nitrogen and oxygen atoms in total. The van der Waals surface area contributed by atoms with Gasteiger partial charge in [0.15, 0.2) is 5.78 Å². The van der Waals surface area contributed by atoms with Crippen molar-refractivity contribution in [3.8, 4) is 11.8 Å². The second-order valence-corrected chi connectivity index (χ2v) is 6.83. The molecule has 28 heavy (non-hydrogen) atoms. The highest BCUT2D eigenvalue weighted by Gasteiger charge is 2.20. The van der Waals surface area contributed by atoms with Crippen molar-refractivity contribution in [2.45, 2.75) is 52.0 Å². The highest BCUT2D eigenvalue weighted by atomic mass is 16.5. The number of carbonyl (C=O) groups is 2. The summed E-state index contributed by atoms with van der Waals surface area (Å²) in [7, 11) is 0. The van der Waals surface area contributed by atoms with E-state index in [9.17, 15) is 14.9 Å². The smallest absolute Gasteiger partial charge is 0.262 e. The summed E-state index contributed by atoms with van der Waals surface area (Å²) in [5, 5.41) is 12.3. The Morgan fingerprint density at radius 1 is 1.25 bits per heavy atom. The van der Waals surface area contributed by atoms with E-state index in [2.05, 4.69) is 17.0 Å². The van der Waals surface area contributed by atoms with Crippen LogP contribution in [0.15, 0.2) is 52.4 Å². The van der Waals surface area contributed by atoms with Gasteiger partial charge in [0, 0.05) is 6.04 Å². The van der Waals surface area contributed by atoms with Gasteiger partial charge in [0.2, 0.25) is 5.88 Å². The number of carbonyl (C=O) groups excluding carboxylic acids is 2. The van der Waals surface area contributed by atoms with Crippen LogP contribution in [0.1, 0.15) is 44.6 Å². The molecule has 1 fully saturated rings. The first kappa shape index (κ1) is 21.1. The Kier molecular flexibility index (Phi) is 7.70. The topological polar surface area (TPSA) is 91.5 Å². The molecule has 0 spiro atoms. The third-order valence-electron chi connectivity index (χ3n) is 4.58. The van der Waals surface area contributed by atoms with Crippen LogP contribution < -0.4 is 10.1 Å². The van der Waals surface area contributed by atoms with E-state index in [1.165, 1.54) is 13.0 Å². The molecule has 1 amide bonds. The van der Waals surface area contributed by atoms with E-state index >= 15 is 0 Å². The molecular weight excluding hydrogens is 354 g/mol. The third kappa shape index (κ3) is 5.92. The number of ether oxygens (including phenoxy) is 1. The van der Waals surface area contributed by atoms with Crippen molar-refractivity contribution >= 4 is 18.4 Å². The maximum absolute atomic E-state index is 12.5. The summed E-state index contributed by atoms with van der Waals surface area (Å²) >= 11 is 0. The number of ketones is 1. The fraction of sp³-hybridized carbons (Fsp3) is 0.364. The number of hydrogen-bond donors (Lipinski definition) is 1. The molecule has 1 saturated carbocycles. The standard InChI is InChI=1S/C22H25N3O3/c1-15-9-11-19(12-10-15)28-22(24-3)20(16(2)26)13-17(14-23)21(27)25-18-7-5-4-6-8-18/h9-13,18H,3-8H2,1-2H3,(H,25,27)/b17-13+,22-20+. The molecule has 1 aromatic rings. The average molecular weight is 379 g/mol. The summed E-state index contributed by atoms with van der Waals surface area (Å²) in [5.41, 5.74) is 0.914. The van der Waals surface area contributed by atoms with Crippen molar-refractivity contribution in [3.63, 3.8) is 0 Å². The predicted octanol–water partition coefficient (Wildman–Crippen LogP) is 3.77. The molecule has 0 atom stereocenters. The van der Waals surface area contributed by atoms with Gasteiger partial charge in [-0.05, 0) is 51.6 Å². The second-order valence-electron chi connectivity index (χ2n) is 6.83. The van der Waals surface area contributed by atoms with Crippen LogP contribution in [0.4, 0.5) is 0 Å². The summed E-state index contributed by atoms with van der Waals surface area (Å²) in [6.07, 6.45) is 6.30. The van der Waals surface area contributed by atoms with E-state index < -0.39 is 5.91 Å². The van der Waals surface area contributed by atoms with Gasteiger partial charge in [-0.1, -0.05) is 37.0 Å². The molecule has 1 aliphatic carbocycles. The third-order valence-corrected chi connectivity index (χ3v) is 4.58. The maximum Gasteiger partial charge on any atom is 0.262 e. The van der Waals surface area contributed by atoms with Crippen molar-refractivity contribution in [1.29, 1.82) is 5.26 Å². The summed E-state index contributed by atoms with van der Waals surface area (Å²) in [5.74, 6) is -0.445. The van der Waals surface area contributed by atoms with Crippen LogP contribution in [-0.4, -0.2) is 24.4 Å². The quantitative estimate of drug-likeness (QED) is 0.257. The van der Waals surface area contributed by atoms with Crippen LogP contribution >= 0.6 is 0 Å². The minimum Gasteiger partial charge on any atom is -0.438 e. The second kappa shape index (κ2) is 10.2. The van der Waals surface area contributed by atoms with Gasteiger partial charge < -0.3 is 10.1 Å². The van der Waals surface area contributed by atoms with Crippen LogP contribution in [0.5, 0.6) is 5.75 Å². The number of hydrogen-bond acceptors (Lipinski definition) is 5. The maximum atomic E-state index is 12.5. The highest BCUT2D eigenvalue weighted by Crippen LogP contribution is 2.20. The lowest BCUT2D eigenvalue weighted by molar-refractivity contribution is -0.118. The van der Waals surface area contributed by atoms with E-state index in [1.807, 2.05) is 25.1 Å². The molecule has 1 aliphatic rings. The lowest BCUT2D eigenvalue weighted by Gasteiger charge is -2.22. The van der Waals surface area contributed by atoms with Gasteiger partial charge in [-0.25, -0.2) is 4.99 Å². The Morgan fingerprint density at radius 2 is 1.89 bits per heavy atom. The van der Waals surface area contributed by atoms with Gasteiger partial charge in [-0.15, -0.1) is 0 Å². The van der Waals surface area contributed by atoms with Crippen molar-refractivity contribution in [1.82, 2.24) is 5.32 Å². The fourth-order valence-corrected chi connectivity index (χ4v) is 3.01. The Labute approximate surface area is 165 Å². The summed E-state index contributed by atoms with van der Waals surface area (Å²) in [6, 6.07) is 9.13. The number of nitrogens with zero attached hydrogens (tertiary/aromatic N) is 2. The number of aryl methyl sites for hydroxylation is 1. The number of Topliss-reactive ketones (excluding diaryl/α,β-unsaturated/α-hetero) is 1. The number of rotatable bonds is 7. The zero-order valence-corrected chi connectivity index (χ0v) is 16.3. The normalized spacial score (nSPS) is 15.8. The summed E-state index contributed by atoms with van der Waals surface area (Å²) < 4.78 is 5.66. The van der Waals surface area contributed by atoms with Crippen molar-refractivity contribution in [2.75, 3.05) is 0 Å². The van der Waals surface area contributed by atoms with Gasteiger partial charge in [-0.2, -0.15) is 5.26 Å². The van der Waals surface area contributed by atoms with Crippen LogP contribution in [0.25, 0.3) is 0 Å². The molecule has 6 heteroatoms. The Bertz CT molecular complexity index is 839. The molecule has 0 saturated heterocycles. The summed E-state index contributed by atoms with van der Waals surface area (Å²) in [4.78, 5) is 28.4. The number of allylic oxidation sites excluding steroid dienone is 2. The first-order chi connectivity index (χ1) is 13.4. The zero-order chi connectivity index (χ0) is 20.5. The molecule has 0 unspecified atom stereocenters. The van der Waals surface area contributed by atoms with Gasteiger partial charge in [0.25, 0.3) is 5.91 Å². The first-order valence-corrected chi connectivity index (χ1v) is 9.33. The molecule has 0 bridgehead atoms. The number of amides is 1. The van der Waals surface area contributed by atoms with Gasteiger partial charge in [0.1, 0.15) is 17.4 Å². The van der Waals surface area contributed by atoms with Gasteiger partial charge in [-0.3, -0.25) is 9.59 Å². The lowest BCUT2D eigenvalue weighted by atomic mass is 9.95. The highest BCUT2D eigenvalue weighted by molar-refractivity contribution is 6.03. The van der Waals surface area contributed by atoms with Gasteiger partial charge in [0.05, 0.1) is 5.57 Å². The molecule has 0 heterocycles. The van der Waals surface area contributed by atoms with Crippen LogP contribution in [-0.2, 0) is 9.59 Å². The average Bonchev–Trinajstić information content (AvgIpc) is 2.69. The van der Waals surface area contributed by atoms with E-state index in [0.717, 1.165) is 37.7 Å². The van der Waals surface area contributed by atoms with Crippen LogP contribution in [0, 0.1) is 18.3 Å². The Morgan fingerprint density at radius 3 is 2.43 bits per heavy atom. The van der Waals surface area contributed by atoms with E-state index in [-0.39, 0.29) is 28.9 Å². The van der Waals surface area contributed by atoms with Crippen molar-refractivity contribution < 1.29 is 14.3 Å². The molecule has 0 aliphatic heterocycles. The number of nitrogens with one attached hydrogen (secondary N) is 1. The SMILES string of the molecule is C=N/C(Oc1ccc(C)cc1)=C(/C=C(\C#N)C(=O)NC1CCCCC1)C(C)=O. The minimum atomic E-state index is -0.494. The fourth-order valence-electron chi connectivity index (χ4n) is 3.01. The Balaban J connectivity index is 2.29.